The Morgan fingerprint density at radius 1 is 1.34 bits per heavy atom. The molecule has 150 valence electrons. The van der Waals surface area contributed by atoms with Gasteiger partial charge in [-0.05, 0) is 5.56 Å². The fraction of sp³-hybridized carbons (Fsp3) is 0.278. The summed E-state index contributed by atoms with van der Waals surface area (Å²) < 4.78 is 1.68. The second-order valence-corrected chi connectivity index (χ2v) is 8.69. The van der Waals surface area contributed by atoms with Gasteiger partial charge in [-0.15, -0.1) is 22.0 Å². The Labute approximate surface area is 174 Å². The molecule has 2 aromatic rings. The van der Waals surface area contributed by atoms with Gasteiger partial charge in [0.25, 0.3) is 5.91 Å². The molecule has 1 saturated heterocycles. The van der Waals surface area contributed by atoms with Gasteiger partial charge in [-0.3, -0.25) is 14.5 Å². The molecule has 2 atom stereocenters. The van der Waals surface area contributed by atoms with Gasteiger partial charge in [0.2, 0.25) is 5.91 Å². The maximum Gasteiger partial charge on any atom is 0.353 e. The number of carboxylic acids is 1. The Bertz CT molecular complexity index is 1010. The molecule has 2 amide bonds. The molecule has 2 aliphatic heterocycles. The van der Waals surface area contributed by atoms with Gasteiger partial charge in [0, 0.05) is 17.7 Å². The first-order valence-electron chi connectivity index (χ1n) is 8.72. The highest BCUT2D eigenvalue weighted by atomic mass is 32.2. The van der Waals surface area contributed by atoms with E-state index in [0.29, 0.717) is 15.8 Å². The average molecular weight is 431 g/mol. The largest absolute Gasteiger partial charge is 0.477 e. The van der Waals surface area contributed by atoms with Gasteiger partial charge in [0.15, 0.2) is 5.16 Å². The Kier molecular flexibility index (Phi) is 5.33. The van der Waals surface area contributed by atoms with Gasteiger partial charge in [-0.25, -0.2) is 4.79 Å². The van der Waals surface area contributed by atoms with Crippen molar-refractivity contribution in [1.82, 2.24) is 25.0 Å². The Morgan fingerprint density at radius 3 is 2.76 bits per heavy atom. The number of aryl methyl sites for hydroxylation is 1. The summed E-state index contributed by atoms with van der Waals surface area (Å²) in [6, 6.07) is 8.50. The quantitative estimate of drug-likeness (QED) is 0.647. The number of nitrogens with zero attached hydrogens (tertiary/aromatic N) is 4. The van der Waals surface area contributed by atoms with E-state index in [0.717, 1.165) is 5.56 Å². The number of hydrogen-bond donors (Lipinski definition) is 2. The van der Waals surface area contributed by atoms with E-state index in [4.69, 9.17) is 0 Å². The summed E-state index contributed by atoms with van der Waals surface area (Å²) in [4.78, 5) is 38.7. The molecule has 2 N–H and O–H groups in total. The molecule has 0 saturated carbocycles. The van der Waals surface area contributed by atoms with Crippen LogP contribution in [0.5, 0.6) is 0 Å². The summed E-state index contributed by atoms with van der Waals surface area (Å²) in [5.41, 5.74) is 0.790. The lowest BCUT2D eigenvalue weighted by Gasteiger charge is -2.49. The predicted octanol–water partition coefficient (Wildman–Crippen LogP) is 0.846. The summed E-state index contributed by atoms with van der Waals surface area (Å²) in [6.07, 6.45) is 1.69. The average Bonchev–Trinajstić information content (AvgIpc) is 3.11. The number of nitrogens with one attached hydrogen (secondary N) is 1. The Hall–Kier alpha value is -2.79. The number of carbonyl (C=O) groups is 3. The van der Waals surface area contributed by atoms with Gasteiger partial charge >= 0.3 is 5.97 Å². The molecule has 1 aromatic carbocycles. The molecule has 0 unspecified atom stereocenters. The maximum absolute atomic E-state index is 12.7. The zero-order valence-electron chi connectivity index (χ0n) is 15.3. The number of amides is 2. The van der Waals surface area contributed by atoms with Crippen LogP contribution in [0.15, 0.2) is 52.4 Å². The second-order valence-electron chi connectivity index (χ2n) is 6.52. The molecule has 3 heterocycles. The number of fused-ring (bicyclic) bond motifs is 1. The van der Waals surface area contributed by atoms with Crippen LogP contribution in [0.3, 0.4) is 0 Å². The van der Waals surface area contributed by atoms with Crippen LogP contribution in [0, 0.1) is 0 Å². The van der Waals surface area contributed by atoms with Crippen molar-refractivity contribution in [2.75, 3.05) is 5.75 Å². The monoisotopic (exact) mass is 431 g/mol. The van der Waals surface area contributed by atoms with Crippen LogP contribution in [-0.2, 0) is 27.9 Å². The molecule has 0 aliphatic carbocycles. The van der Waals surface area contributed by atoms with Crippen molar-refractivity contribution in [2.45, 2.75) is 23.0 Å². The minimum absolute atomic E-state index is 0.0553. The first kappa shape index (κ1) is 19.5. The summed E-state index contributed by atoms with van der Waals surface area (Å²) in [7, 11) is 1.76. The van der Waals surface area contributed by atoms with Crippen LogP contribution in [-0.4, -0.2) is 59.7 Å². The molecule has 0 spiro atoms. The minimum atomic E-state index is -1.18. The third kappa shape index (κ3) is 3.75. The number of carbonyl (C=O) groups excluding carboxylic acids is 2. The summed E-state index contributed by atoms with van der Waals surface area (Å²) in [5.74, 6) is -1.46. The number of aromatic nitrogens is 3. The van der Waals surface area contributed by atoms with Crippen molar-refractivity contribution in [3.8, 4) is 0 Å². The van der Waals surface area contributed by atoms with E-state index in [9.17, 15) is 19.5 Å². The Balaban J connectivity index is 1.48. The fourth-order valence-corrected chi connectivity index (χ4v) is 5.57. The second kappa shape index (κ2) is 7.91. The molecule has 1 fully saturated rings. The van der Waals surface area contributed by atoms with Gasteiger partial charge in [0.1, 0.15) is 23.4 Å². The van der Waals surface area contributed by atoms with Crippen molar-refractivity contribution in [2.24, 2.45) is 7.05 Å². The van der Waals surface area contributed by atoms with Gasteiger partial charge in [0.05, 0.1) is 6.42 Å². The smallest absolute Gasteiger partial charge is 0.353 e. The Morgan fingerprint density at radius 2 is 2.10 bits per heavy atom. The lowest BCUT2D eigenvalue weighted by atomic mass is 10.0. The van der Waals surface area contributed by atoms with E-state index in [1.165, 1.54) is 34.8 Å². The lowest BCUT2D eigenvalue weighted by Crippen LogP contribution is -2.70. The van der Waals surface area contributed by atoms with Gasteiger partial charge in [-0.2, -0.15) is 0 Å². The number of benzene rings is 1. The minimum Gasteiger partial charge on any atom is -0.477 e. The summed E-state index contributed by atoms with van der Waals surface area (Å²) >= 11 is 2.60. The highest BCUT2D eigenvalue weighted by Gasteiger charge is 2.54. The van der Waals surface area contributed by atoms with Crippen LogP contribution in [0.25, 0.3) is 0 Å². The predicted molar refractivity (Wildman–Crippen MR) is 107 cm³/mol. The third-order valence-electron chi connectivity index (χ3n) is 4.54. The van der Waals surface area contributed by atoms with E-state index < -0.39 is 23.3 Å². The molecule has 11 heteroatoms. The number of β-lactam (4-membered cyclic amide) rings is 1. The van der Waals surface area contributed by atoms with Crippen molar-refractivity contribution < 1.29 is 19.5 Å². The highest BCUT2D eigenvalue weighted by molar-refractivity contribution is 8.06. The van der Waals surface area contributed by atoms with Crippen molar-refractivity contribution in [3.63, 3.8) is 0 Å². The van der Waals surface area contributed by atoms with Crippen LogP contribution in [0.4, 0.5) is 0 Å². The summed E-state index contributed by atoms with van der Waals surface area (Å²) in [5, 5.41) is 20.3. The van der Waals surface area contributed by atoms with Crippen molar-refractivity contribution >= 4 is 41.3 Å². The van der Waals surface area contributed by atoms with Crippen molar-refractivity contribution in [3.05, 3.63) is 52.8 Å². The van der Waals surface area contributed by atoms with E-state index in [1.807, 2.05) is 30.3 Å². The number of aliphatic carboxylic acids is 1. The van der Waals surface area contributed by atoms with Gasteiger partial charge < -0.3 is 15.0 Å². The number of rotatable bonds is 6. The highest BCUT2D eigenvalue weighted by Crippen LogP contribution is 2.44. The van der Waals surface area contributed by atoms with Crippen LogP contribution in [0.2, 0.25) is 0 Å². The van der Waals surface area contributed by atoms with E-state index >= 15 is 0 Å². The summed E-state index contributed by atoms with van der Waals surface area (Å²) in [6.45, 7) is 0. The SMILES string of the molecule is Cn1cnnc1SC1=C(C(=O)O)N2C(=O)[C@@H](NC(=O)Cc3ccccc3)[C@@H]2SC1. The van der Waals surface area contributed by atoms with Crippen LogP contribution < -0.4 is 5.32 Å². The maximum atomic E-state index is 12.7. The zero-order chi connectivity index (χ0) is 20.5. The first-order chi connectivity index (χ1) is 14.0. The molecule has 4 rings (SSSR count). The van der Waals surface area contributed by atoms with Crippen LogP contribution >= 0.6 is 23.5 Å². The van der Waals surface area contributed by atoms with Crippen LogP contribution in [0.1, 0.15) is 5.56 Å². The first-order valence-corrected chi connectivity index (χ1v) is 10.6. The normalized spacial score (nSPS) is 20.9. The fourth-order valence-electron chi connectivity index (χ4n) is 3.15. The van der Waals surface area contributed by atoms with E-state index in [1.54, 1.807) is 11.6 Å². The molecule has 1 aromatic heterocycles. The molecule has 9 nitrogen and oxygen atoms in total. The molecule has 0 radical (unpaired) electrons. The van der Waals surface area contributed by atoms with E-state index in [2.05, 4.69) is 15.5 Å². The zero-order valence-corrected chi connectivity index (χ0v) is 16.9. The van der Waals surface area contributed by atoms with E-state index in [-0.39, 0.29) is 18.0 Å². The van der Waals surface area contributed by atoms with Gasteiger partial charge in [-0.1, -0.05) is 42.1 Å². The lowest BCUT2D eigenvalue weighted by molar-refractivity contribution is -0.150. The molecular weight excluding hydrogens is 414 g/mol. The van der Waals surface area contributed by atoms with Crippen molar-refractivity contribution in [1.29, 1.82) is 0 Å². The standard InChI is InChI=1S/C18H17N5O4S2/c1-22-9-19-21-18(22)29-11-8-28-16-13(15(25)23(16)14(11)17(26)27)20-12(24)7-10-5-3-2-4-6-10/h2-6,9,13,16H,7-8H2,1H3,(H,20,24)(H,26,27)/t13-,16+/m1/s1. The topological polar surface area (TPSA) is 117 Å². The number of hydrogen-bond acceptors (Lipinski definition) is 7. The molecule has 2 aliphatic rings. The molecule has 29 heavy (non-hydrogen) atoms. The molecular formula is C18H17N5O4S2. The number of thioether (sulfide) groups is 2. The molecule has 0 bridgehead atoms. The number of carboxylic acid groups (broad SMARTS) is 1. The third-order valence-corrected chi connectivity index (χ3v) is 7.14.